The second kappa shape index (κ2) is 5.99. The van der Waals surface area contributed by atoms with Gasteiger partial charge in [0.05, 0.1) is 6.61 Å². The van der Waals surface area contributed by atoms with Gasteiger partial charge >= 0.3 is 0 Å². The van der Waals surface area contributed by atoms with Crippen LogP contribution < -0.4 is 10.6 Å². The molecule has 5 heteroatoms. The summed E-state index contributed by atoms with van der Waals surface area (Å²) in [6.45, 7) is 4.90. The van der Waals surface area contributed by atoms with Crippen molar-refractivity contribution in [1.29, 1.82) is 0 Å². The van der Waals surface area contributed by atoms with Gasteiger partial charge in [-0.3, -0.25) is 4.79 Å². The number of rotatable bonds is 4. The van der Waals surface area contributed by atoms with Crippen LogP contribution in [0, 0.1) is 5.92 Å². The molecule has 2 saturated heterocycles. The fourth-order valence-corrected chi connectivity index (χ4v) is 2.72. The van der Waals surface area contributed by atoms with Crippen LogP contribution in [-0.2, 0) is 14.3 Å². The van der Waals surface area contributed by atoms with E-state index < -0.39 is 0 Å². The second-order valence-corrected chi connectivity index (χ2v) is 5.48. The lowest BCUT2D eigenvalue weighted by atomic mass is 9.92. The van der Waals surface area contributed by atoms with E-state index in [2.05, 4.69) is 17.6 Å². The van der Waals surface area contributed by atoms with Crippen molar-refractivity contribution in [2.75, 3.05) is 33.4 Å². The fourth-order valence-electron chi connectivity index (χ4n) is 2.72. The minimum absolute atomic E-state index is 0.137. The van der Waals surface area contributed by atoms with Crippen LogP contribution in [0.1, 0.15) is 26.2 Å². The standard InChI is InChI=1S/C13H24N2O3/c1-10-7-11(3-5-14-10)12(16)15-8-13(17-2)4-6-18-9-13/h10-11,14H,3-9H2,1-2H3,(H,15,16). The van der Waals surface area contributed by atoms with E-state index in [9.17, 15) is 4.79 Å². The van der Waals surface area contributed by atoms with Crippen molar-refractivity contribution in [2.45, 2.75) is 37.8 Å². The van der Waals surface area contributed by atoms with Crippen LogP contribution >= 0.6 is 0 Å². The minimum Gasteiger partial charge on any atom is -0.378 e. The van der Waals surface area contributed by atoms with Gasteiger partial charge in [0.1, 0.15) is 5.60 Å². The van der Waals surface area contributed by atoms with Crippen molar-refractivity contribution >= 4 is 5.91 Å². The van der Waals surface area contributed by atoms with E-state index in [1.165, 1.54) is 0 Å². The Hall–Kier alpha value is -0.650. The first-order chi connectivity index (χ1) is 8.65. The van der Waals surface area contributed by atoms with Crippen LogP contribution in [0.25, 0.3) is 0 Å². The monoisotopic (exact) mass is 256 g/mol. The van der Waals surface area contributed by atoms with Crippen LogP contribution in [0.4, 0.5) is 0 Å². The molecule has 0 aliphatic carbocycles. The van der Waals surface area contributed by atoms with E-state index in [1.54, 1.807) is 7.11 Å². The van der Waals surface area contributed by atoms with Gasteiger partial charge in [0.15, 0.2) is 0 Å². The summed E-state index contributed by atoms with van der Waals surface area (Å²) >= 11 is 0. The van der Waals surface area contributed by atoms with Crippen molar-refractivity contribution in [3.05, 3.63) is 0 Å². The van der Waals surface area contributed by atoms with Gasteiger partial charge in [-0.05, 0) is 26.3 Å². The maximum atomic E-state index is 12.1. The van der Waals surface area contributed by atoms with Crippen molar-refractivity contribution < 1.29 is 14.3 Å². The van der Waals surface area contributed by atoms with Crippen molar-refractivity contribution in [2.24, 2.45) is 5.92 Å². The summed E-state index contributed by atoms with van der Waals surface area (Å²) in [5.74, 6) is 0.296. The molecule has 2 rings (SSSR count). The Morgan fingerprint density at radius 2 is 2.44 bits per heavy atom. The molecule has 2 heterocycles. The molecule has 0 bridgehead atoms. The van der Waals surface area contributed by atoms with Gasteiger partial charge in [0, 0.05) is 38.6 Å². The van der Waals surface area contributed by atoms with Gasteiger partial charge in [0.2, 0.25) is 5.91 Å². The molecule has 2 fully saturated rings. The third-order valence-electron chi connectivity index (χ3n) is 4.08. The minimum atomic E-state index is -0.311. The van der Waals surface area contributed by atoms with Crippen molar-refractivity contribution in [3.8, 4) is 0 Å². The highest BCUT2D eigenvalue weighted by molar-refractivity contribution is 5.78. The Morgan fingerprint density at radius 1 is 1.61 bits per heavy atom. The van der Waals surface area contributed by atoms with Gasteiger partial charge in [-0.2, -0.15) is 0 Å². The molecule has 0 aromatic rings. The maximum absolute atomic E-state index is 12.1. The molecule has 18 heavy (non-hydrogen) atoms. The first kappa shape index (κ1) is 13.8. The number of nitrogens with one attached hydrogen (secondary N) is 2. The summed E-state index contributed by atoms with van der Waals surface area (Å²) in [6, 6.07) is 0.431. The molecule has 5 nitrogen and oxygen atoms in total. The highest BCUT2D eigenvalue weighted by atomic mass is 16.5. The molecular formula is C13H24N2O3. The van der Waals surface area contributed by atoms with E-state index in [1.807, 2.05) is 0 Å². The maximum Gasteiger partial charge on any atom is 0.223 e. The van der Waals surface area contributed by atoms with Crippen LogP contribution in [0.5, 0.6) is 0 Å². The predicted octanol–water partition coefficient (Wildman–Crippen LogP) is 0.296. The molecule has 0 aromatic heterocycles. The van der Waals surface area contributed by atoms with Crippen LogP contribution in [0.15, 0.2) is 0 Å². The number of amides is 1. The average Bonchev–Trinajstić information content (AvgIpc) is 2.85. The van der Waals surface area contributed by atoms with E-state index in [4.69, 9.17) is 9.47 Å². The summed E-state index contributed by atoms with van der Waals surface area (Å²) in [5.41, 5.74) is -0.311. The smallest absolute Gasteiger partial charge is 0.223 e. The van der Waals surface area contributed by atoms with Gasteiger partial charge < -0.3 is 20.1 Å². The molecule has 0 radical (unpaired) electrons. The number of ether oxygens (including phenoxy) is 2. The third-order valence-corrected chi connectivity index (χ3v) is 4.08. The molecular weight excluding hydrogens is 232 g/mol. The first-order valence-corrected chi connectivity index (χ1v) is 6.79. The molecule has 3 atom stereocenters. The first-order valence-electron chi connectivity index (χ1n) is 6.79. The number of piperidine rings is 1. The number of methoxy groups -OCH3 is 1. The van der Waals surface area contributed by atoms with E-state index >= 15 is 0 Å². The molecule has 0 spiro atoms. The molecule has 2 aliphatic rings. The Morgan fingerprint density at radius 3 is 3.06 bits per heavy atom. The topological polar surface area (TPSA) is 59.6 Å². The highest BCUT2D eigenvalue weighted by Gasteiger charge is 2.36. The molecule has 3 unspecified atom stereocenters. The Kier molecular flexibility index (Phi) is 4.59. The summed E-state index contributed by atoms with van der Waals surface area (Å²) in [5, 5.41) is 6.39. The predicted molar refractivity (Wildman–Crippen MR) is 68.4 cm³/mol. The number of carbonyl (C=O) groups excluding carboxylic acids is 1. The molecule has 104 valence electrons. The van der Waals surface area contributed by atoms with Gasteiger partial charge in [-0.15, -0.1) is 0 Å². The van der Waals surface area contributed by atoms with Crippen LogP contribution in [0.2, 0.25) is 0 Å². The zero-order chi connectivity index (χ0) is 13.0. The fraction of sp³-hybridized carbons (Fsp3) is 0.923. The summed E-state index contributed by atoms with van der Waals surface area (Å²) in [7, 11) is 1.69. The third kappa shape index (κ3) is 3.22. The van der Waals surface area contributed by atoms with Crippen LogP contribution in [0.3, 0.4) is 0 Å². The highest BCUT2D eigenvalue weighted by Crippen LogP contribution is 2.22. The Bertz CT molecular complexity index is 290. The average molecular weight is 256 g/mol. The Labute approximate surface area is 109 Å². The van der Waals surface area contributed by atoms with Gasteiger partial charge in [-0.25, -0.2) is 0 Å². The summed E-state index contributed by atoms with van der Waals surface area (Å²) in [4.78, 5) is 12.1. The van der Waals surface area contributed by atoms with E-state index in [0.29, 0.717) is 25.8 Å². The normalized spacial score (nSPS) is 36.6. The zero-order valence-corrected chi connectivity index (χ0v) is 11.3. The lowest BCUT2D eigenvalue weighted by Gasteiger charge is -2.30. The van der Waals surface area contributed by atoms with E-state index in [-0.39, 0.29) is 17.4 Å². The zero-order valence-electron chi connectivity index (χ0n) is 11.3. The lowest BCUT2D eigenvalue weighted by Crippen LogP contribution is -2.48. The molecule has 1 amide bonds. The Balaban J connectivity index is 1.80. The number of hydrogen-bond acceptors (Lipinski definition) is 4. The second-order valence-electron chi connectivity index (χ2n) is 5.48. The number of hydrogen-bond donors (Lipinski definition) is 2. The molecule has 0 saturated carbocycles. The molecule has 2 N–H and O–H groups in total. The van der Waals surface area contributed by atoms with Gasteiger partial charge in [-0.1, -0.05) is 0 Å². The molecule has 0 aromatic carbocycles. The number of carbonyl (C=O) groups is 1. The summed E-state index contributed by atoms with van der Waals surface area (Å²) in [6.07, 6.45) is 2.70. The molecule has 2 aliphatic heterocycles. The van der Waals surface area contributed by atoms with Crippen molar-refractivity contribution in [3.63, 3.8) is 0 Å². The quantitative estimate of drug-likeness (QED) is 0.759. The lowest BCUT2D eigenvalue weighted by molar-refractivity contribution is -0.127. The van der Waals surface area contributed by atoms with Crippen molar-refractivity contribution in [1.82, 2.24) is 10.6 Å². The largest absolute Gasteiger partial charge is 0.378 e. The summed E-state index contributed by atoms with van der Waals surface area (Å²) < 4.78 is 10.9. The van der Waals surface area contributed by atoms with Gasteiger partial charge in [0.25, 0.3) is 0 Å². The van der Waals surface area contributed by atoms with Crippen LogP contribution in [-0.4, -0.2) is 51.0 Å². The van der Waals surface area contributed by atoms with E-state index in [0.717, 1.165) is 25.8 Å². The SMILES string of the molecule is COC1(CNC(=O)C2CCNC(C)C2)CCOC1.